The zero-order valence-electron chi connectivity index (χ0n) is 11.0. The number of nitrogens with zero attached hydrogens (tertiary/aromatic N) is 3. The molecular weight excluding hydrogens is 290 g/mol. The van der Waals surface area contributed by atoms with E-state index in [1.165, 1.54) is 23.6 Å². The van der Waals surface area contributed by atoms with Gasteiger partial charge in [0.05, 0.1) is 11.9 Å². The Morgan fingerprint density at radius 3 is 3.05 bits per heavy atom. The topological polar surface area (TPSA) is 92.7 Å². The summed E-state index contributed by atoms with van der Waals surface area (Å²) < 4.78 is 1.68. The van der Waals surface area contributed by atoms with E-state index in [2.05, 4.69) is 20.4 Å². The van der Waals surface area contributed by atoms with Gasteiger partial charge < -0.3 is 4.98 Å². The van der Waals surface area contributed by atoms with E-state index >= 15 is 0 Å². The van der Waals surface area contributed by atoms with Gasteiger partial charge in [0.2, 0.25) is 0 Å². The number of anilines is 1. The van der Waals surface area contributed by atoms with Gasteiger partial charge in [0, 0.05) is 30.4 Å². The minimum atomic E-state index is -0.482. The fourth-order valence-corrected chi connectivity index (χ4v) is 2.50. The summed E-state index contributed by atoms with van der Waals surface area (Å²) in [7, 11) is 1.82. The number of hydrogen-bond acceptors (Lipinski definition) is 5. The molecule has 0 spiro atoms. The van der Waals surface area contributed by atoms with Gasteiger partial charge in [-0.05, 0) is 12.1 Å². The second-order valence-corrected chi connectivity index (χ2v) is 5.17. The number of nitrogens with one attached hydrogen (secondary N) is 2. The van der Waals surface area contributed by atoms with E-state index in [1.54, 1.807) is 16.9 Å². The van der Waals surface area contributed by atoms with Gasteiger partial charge >= 0.3 is 0 Å². The Bertz CT molecular complexity index is 848. The molecule has 0 bridgehead atoms. The fourth-order valence-electron chi connectivity index (χ4n) is 1.78. The van der Waals surface area contributed by atoms with Crippen molar-refractivity contribution in [1.82, 2.24) is 19.7 Å². The summed E-state index contributed by atoms with van der Waals surface area (Å²) in [4.78, 5) is 30.3. The quantitative estimate of drug-likeness (QED) is 0.766. The van der Waals surface area contributed by atoms with E-state index in [-0.39, 0.29) is 5.56 Å². The monoisotopic (exact) mass is 301 g/mol. The third-order valence-corrected chi connectivity index (χ3v) is 3.55. The maximum Gasteiger partial charge on any atom is 0.263 e. The Labute approximate surface area is 123 Å². The highest BCUT2D eigenvalue weighted by molar-refractivity contribution is 7.14. The SMILES string of the molecule is Cn1cc(-c2csc(NC(=O)c3ccc[nH]c3=O)n2)cn1. The minimum absolute atomic E-state index is 0.0515. The highest BCUT2D eigenvalue weighted by atomic mass is 32.1. The molecule has 0 fully saturated rings. The van der Waals surface area contributed by atoms with E-state index in [9.17, 15) is 9.59 Å². The predicted molar refractivity (Wildman–Crippen MR) is 79.3 cm³/mol. The Morgan fingerprint density at radius 2 is 2.33 bits per heavy atom. The summed E-state index contributed by atoms with van der Waals surface area (Å²) in [6.07, 6.45) is 5.01. The van der Waals surface area contributed by atoms with E-state index in [0.717, 1.165) is 11.3 Å². The molecule has 3 aromatic rings. The molecule has 0 aliphatic heterocycles. The van der Waals surface area contributed by atoms with Gasteiger partial charge in [0.1, 0.15) is 5.56 Å². The van der Waals surface area contributed by atoms with Crippen molar-refractivity contribution in [3.63, 3.8) is 0 Å². The van der Waals surface area contributed by atoms with Crippen LogP contribution in [0, 0.1) is 0 Å². The van der Waals surface area contributed by atoms with Crippen LogP contribution in [-0.2, 0) is 7.05 Å². The van der Waals surface area contributed by atoms with Gasteiger partial charge in [-0.3, -0.25) is 19.6 Å². The summed E-state index contributed by atoms with van der Waals surface area (Å²) in [6.45, 7) is 0. The maximum atomic E-state index is 12.0. The lowest BCUT2D eigenvalue weighted by molar-refractivity contribution is 0.102. The van der Waals surface area contributed by atoms with Crippen LogP contribution in [0.2, 0.25) is 0 Å². The normalized spacial score (nSPS) is 10.5. The molecule has 0 aliphatic carbocycles. The smallest absolute Gasteiger partial charge is 0.263 e. The van der Waals surface area contributed by atoms with Crippen LogP contribution < -0.4 is 10.9 Å². The first-order valence-electron chi connectivity index (χ1n) is 6.07. The number of H-pyrrole nitrogens is 1. The van der Waals surface area contributed by atoms with Gasteiger partial charge in [-0.1, -0.05) is 0 Å². The fraction of sp³-hybridized carbons (Fsp3) is 0.0769. The lowest BCUT2D eigenvalue weighted by Gasteiger charge is -1.99. The van der Waals surface area contributed by atoms with Crippen molar-refractivity contribution in [2.75, 3.05) is 5.32 Å². The van der Waals surface area contributed by atoms with Crippen molar-refractivity contribution >= 4 is 22.4 Å². The zero-order valence-corrected chi connectivity index (χ0v) is 11.8. The largest absolute Gasteiger partial charge is 0.328 e. The van der Waals surface area contributed by atoms with Crippen LogP contribution >= 0.6 is 11.3 Å². The van der Waals surface area contributed by atoms with Crippen molar-refractivity contribution < 1.29 is 4.79 Å². The summed E-state index contributed by atoms with van der Waals surface area (Å²) in [6, 6.07) is 3.06. The van der Waals surface area contributed by atoms with E-state index < -0.39 is 11.5 Å². The van der Waals surface area contributed by atoms with E-state index in [1.807, 2.05) is 18.6 Å². The van der Waals surface area contributed by atoms with Crippen LogP contribution in [0.25, 0.3) is 11.3 Å². The number of carbonyl (C=O) groups excluding carboxylic acids is 1. The molecule has 106 valence electrons. The van der Waals surface area contributed by atoms with Crippen LogP contribution in [-0.4, -0.2) is 25.7 Å². The first-order valence-corrected chi connectivity index (χ1v) is 6.95. The van der Waals surface area contributed by atoms with Gasteiger partial charge in [-0.15, -0.1) is 11.3 Å². The lowest BCUT2D eigenvalue weighted by atomic mass is 10.2. The number of thiazole rings is 1. The molecule has 8 heteroatoms. The third kappa shape index (κ3) is 2.75. The Balaban J connectivity index is 1.80. The van der Waals surface area contributed by atoms with Crippen molar-refractivity contribution in [3.05, 3.63) is 52.0 Å². The molecule has 0 unspecified atom stereocenters. The maximum absolute atomic E-state index is 12.0. The number of amides is 1. The Morgan fingerprint density at radius 1 is 1.48 bits per heavy atom. The van der Waals surface area contributed by atoms with Crippen LogP contribution in [0.5, 0.6) is 0 Å². The molecule has 3 aromatic heterocycles. The van der Waals surface area contributed by atoms with Crippen LogP contribution in [0.1, 0.15) is 10.4 Å². The molecule has 0 saturated carbocycles. The predicted octanol–water partition coefficient (Wildman–Crippen LogP) is 1.48. The second-order valence-electron chi connectivity index (χ2n) is 4.31. The van der Waals surface area contributed by atoms with Gasteiger partial charge in [-0.25, -0.2) is 4.98 Å². The summed E-state index contributed by atoms with van der Waals surface area (Å²) in [5.41, 5.74) is 1.21. The number of aromatic amines is 1. The standard InChI is InChI=1S/C13H11N5O2S/c1-18-6-8(5-15-18)10-7-21-13(16-10)17-12(20)9-3-2-4-14-11(9)19/h2-7H,1H3,(H,14,19)(H,16,17,20). The van der Waals surface area contributed by atoms with Crippen molar-refractivity contribution in [2.45, 2.75) is 0 Å². The molecule has 3 heterocycles. The van der Waals surface area contributed by atoms with Gasteiger partial charge in [0.15, 0.2) is 5.13 Å². The summed E-state index contributed by atoms with van der Waals surface area (Å²) in [5.74, 6) is -0.482. The molecular formula is C13H11N5O2S. The number of rotatable bonds is 3. The lowest BCUT2D eigenvalue weighted by Crippen LogP contribution is -2.22. The van der Waals surface area contributed by atoms with Crippen LogP contribution in [0.3, 0.4) is 0 Å². The number of hydrogen-bond donors (Lipinski definition) is 2. The van der Waals surface area contributed by atoms with Crippen molar-refractivity contribution in [3.8, 4) is 11.3 Å². The molecule has 0 aromatic carbocycles. The first kappa shape index (κ1) is 13.3. The van der Waals surface area contributed by atoms with Crippen LogP contribution in [0.4, 0.5) is 5.13 Å². The zero-order chi connectivity index (χ0) is 14.8. The third-order valence-electron chi connectivity index (χ3n) is 2.79. The molecule has 2 N–H and O–H groups in total. The average Bonchev–Trinajstić information content (AvgIpc) is 3.08. The molecule has 21 heavy (non-hydrogen) atoms. The number of aromatic nitrogens is 4. The molecule has 7 nitrogen and oxygen atoms in total. The minimum Gasteiger partial charge on any atom is -0.328 e. The van der Waals surface area contributed by atoms with Crippen molar-refractivity contribution in [2.24, 2.45) is 7.05 Å². The highest BCUT2D eigenvalue weighted by Crippen LogP contribution is 2.24. The molecule has 3 rings (SSSR count). The first-order chi connectivity index (χ1) is 10.1. The number of pyridine rings is 1. The van der Waals surface area contributed by atoms with E-state index in [0.29, 0.717) is 5.13 Å². The molecule has 0 radical (unpaired) electrons. The second kappa shape index (κ2) is 5.33. The number of carbonyl (C=O) groups is 1. The van der Waals surface area contributed by atoms with Gasteiger partial charge in [-0.2, -0.15) is 5.10 Å². The van der Waals surface area contributed by atoms with Crippen LogP contribution in [0.15, 0.2) is 40.9 Å². The average molecular weight is 301 g/mol. The van der Waals surface area contributed by atoms with Crippen molar-refractivity contribution in [1.29, 1.82) is 0 Å². The highest BCUT2D eigenvalue weighted by Gasteiger charge is 2.13. The van der Waals surface area contributed by atoms with Gasteiger partial charge in [0.25, 0.3) is 11.5 Å². The Hall–Kier alpha value is -2.74. The summed E-state index contributed by atoms with van der Waals surface area (Å²) >= 11 is 1.29. The Kier molecular flexibility index (Phi) is 3.36. The molecule has 1 amide bonds. The molecule has 0 atom stereocenters. The van der Waals surface area contributed by atoms with E-state index in [4.69, 9.17) is 0 Å². The molecule has 0 saturated heterocycles. The summed E-state index contributed by atoms with van der Waals surface area (Å²) in [5, 5.41) is 8.94. The molecule has 0 aliphatic rings. The number of aryl methyl sites for hydroxylation is 1.